The van der Waals surface area contributed by atoms with Crippen molar-refractivity contribution in [3.05, 3.63) is 119 Å². The molecule has 0 saturated carbocycles. The van der Waals surface area contributed by atoms with Gasteiger partial charge in [-0.25, -0.2) is 4.39 Å². The summed E-state index contributed by atoms with van der Waals surface area (Å²) < 4.78 is 24.9. The van der Waals surface area contributed by atoms with Crippen molar-refractivity contribution in [2.24, 2.45) is 0 Å². The van der Waals surface area contributed by atoms with E-state index < -0.39 is 0 Å². The quantitative estimate of drug-likeness (QED) is 0.286. The number of ether oxygens (including phenoxy) is 2. The summed E-state index contributed by atoms with van der Waals surface area (Å²) in [4.78, 5) is 19.2. The number of benzene rings is 4. The minimum atomic E-state index is -0.365. The van der Waals surface area contributed by atoms with Crippen molar-refractivity contribution in [3.63, 3.8) is 0 Å². The number of nitrogens with one attached hydrogen (secondary N) is 1. The van der Waals surface area contributed by atoms with E-state index in [2.05, 4.69) is 11.1 Å². The van der Waals surface area contributed by atoms with Crippen LogP contribution in [0.25, 0.3) is 22.2 Å². The third-order valence-corrected chi connectivity index (χ3v) is 7.02. The summed E-state index contributed by atoms with van der Waals surface area (Å²) >= 11 is 0. The van der Waals surface area contributed by atoms with Crippen molar-refractivity contribution in [1.29, 1.82) is 0 Å². The number of rotatable bonds is 6. The lowest BCUT2D eigenvalue weighted by atomic mass is 9.92. The molecule has 5 nitrogen and oxygen atoms in total. The number of para-hydroxylation sites is 1. The number of fused-ring (bicyclic) bond motifs is 2. The van der Waals surface area contributed by atoms with E-state index in [0.29, 0.717) is 23.6 Å². The highest BCUT2D eigenvalue weighted by atomic mass is 19.1. The number of methoxy groups -OCH3 is 2. The zero-order chi connectivity index (χ0) is 25.5. The van der Waals surface area contributed by atoms with Crippen LogP contribution in [0.4, 0.5) is 4.39 Å². The Balaban J connectivity index is 1.61. The number of hydrogen-bond acceptors (Lipinski definition) is 3. The summed E-state index contributed by atoms with van der Waals surface area (Å²) in [5, 5.41) is 1.01. The maximum atomic E-state index is 13.8. The molecule has 1 aliphatic heterocycles. The van der Waals surface area contributed by atoms with E-state index in [0.717, 1.165) is 38.9 Å². The summed E-state index contributed by atoms with van der Waals surface area (Å²) in [7, 11) is 3.27. The Hall–Kier alpha value is -4.58. The molecule has 184 valence electrons. The molecule has 0 radical (unpaired) electrons. The van der Waals surface area contributed by atoms with Gasteiger partial charge in [-0.1, -0.05) is 48.5 Å². The van der Waals surface area contributed by atoms with E-state index in [9.17, 15) is 9.18 Å². The van der Waals surface area contributed by atoms with Crippen molar-refractivity contribution in [1.82, 2.24) is 9.88 Å². The van der Waals surface area contributed by atoms with Crippen LogP contribution in [0.5, 0.6) is 11.5 Å². The molecule has 1 aromatic heterocycles. The molecule has 1 N–H and O–H groups in total. The van der Waals surface area contributed by atoms with E-state index in [1.54, 1.807) is 26.4 Å². The Bertz CT molecular complexity index is 1620. The summed E-state index contributed by atoms with van der Waals surface area (Å²) in [6, 6.07) is 27.4. The zero-order valence-corrected chi connectivity index (χ0v) is 20.5. The second-order valence-corrected chi connectivity index (χ2v) is 9.07. The molecule has 0 saturated heterocycles. The van der Waals surface area contributed by atoms with Gasteiger partial charge in [0, 0.05) is 34.1 Å². The lowest BCUT2D eigenvalue weighted by Gasteiger charge is -2.27. The average molecular weight is 493 g/mol. The van der Waals surface area contributed by atoms with Crippen LogP contribution in [-0.2, 0) is 6.54 Å². The number of aromatic amines is 1. The van der Waals surface area contributed by atoms with Crippen LogP contribution in [0, 0.1) is 5.82 Å². The Morgan fingerprint density at radius 1 is 0.865 bits per heavy atom. The molecule has 2 heterocycles. The van der Waals surface area contributed by atoms with Crippen LogP contribution in [0.15, 0.2) is 91.0 Å². The summed E-state index contributed by atoms with van der Waals surface area (Å²) in [5.41, 5.74) is 6.08. The number of hydrogen-bond donors (Lipinski definition) is 1. The Labute approximate surface area is 214 Å². The fraction of sp³-hybridized carbons (Fsp3) is 0.129. The number of halogens is 1. The highest BCUT2D eigenvalue weighted by Gasteiger charge is 2.40. The van der Waals surface area contributed by atoms with Gasteiger partial charge < -0.3 is 19.4 Å². The number of H-pyrrole nitrogens is 1. The molecule has 1 amide bonds. The van der Waals surface area contributed by atoms with Gasteiger partial charge in [0.05, 0.1) is 26.0 Å². The number of nitrogens with zero attached hydrogens (tertiary/aromatic N) is 1. The lowest BCUT2D eigenvalue weighted by Crippen LogP contribution is -2.28. The second-order valence-electron chi connectivity index (χ2n) is 9.07. The summed E-state index contributed by atoms with van der Waals surface area (Å²) in [6.45, 7) is 0.340. The predicted octanol–water partition coefficient (Wildman–Crippen LogP) is 6.74. The smallest absolute Gasteiger partial charge is 0.255 e. The molecule has 1 atom stereocenters. The normalized spacial score (nSPS) is 14.7. The Morgan fingerprint density at radius 2 is 1.62 bits per heavy atom. The van der Waals surface area contributed by atoms with Crippen molar-refractivity contribution in [2.75, 3.05) is 14.2 Å². The molecule has 37 heavy (non-hydrogen) atoms. The number of carbonyl (C=O) groups is 1. The molecule has 0 bridgehead atoms. The molecule has 1 aliphatic rings. The third kappa shape index (κ3) is 3.82. The topological polar surface area (TPSA) is 54.6 Å². The lowest BCUT2D eigenvalue weighted by molar-refractivity contribution is 0.0737. The number of aromatic nitrogens is 1. The van der Waals surface area contributed by atoms with Gasteiger partial charge in [-0.2, -0.15) is 0 Å². The molecule has 4 aromatic carbocycles. The maximum absolute atomic E-state index is 13.8. The number of amides is 1. The van der Waals surface area contributed by atoms with Gasteiger partial charge in [0.15, 0.2) is 0 Å². The van der Waals surface area contributed by atoms with E-state index in [4.69, 9.17) is 9.47 Å². The highest BCUT2D eigenvalue weighted by Crippen LogP contribution is 2.47. The first-order chi connectivity index (χ1) is 18.1. The van der Waals surface area contributed by atoms with Crippen molar-refractivity contribution in [2.45, 2.75) is 12.6 Å². The minimum absolute atomic E-state index is 0.0567. The SMILES string of the molecule is COc1ccc(OC)c(-c2[nH]c3ccccc3c2C2c3ccccc3C(=O)N2Cc2ccc(F)cc2)c1. The minimum Gasteiger partial charge on any atom is -0.497 e. The molecular weight excluding hydrogens is 467 g/mol. The summed E-state index contributed by atoms with van der Waals surface area (Å²) in [5.74, 6) is 1.03. The highest BCUT2D eigenvalue weighted by molar-refractivity contribution is 6.02. The molecule has 0 fully saturated rings. The van der Waals surface area contributed by atoms with E-state index in [-0.39, 0.29) is 17.8 Å². The van der Waals surface area contributed by atoms with Gasteiger partial charge >= 0.3 is 0 Å². The monoisotopic (exact) mass is 492 g/mol. The fourth-order valence-electron chi connectivity index (χ4n) is 5.30. The van der Waals surface area contributed by atoms with Crippen LogP contribution in [0.2, 0.25) is 0 Å². The first-order valence-electron chi connectivity index (χ1n) is 12.1. The van der Waals surface area contributed by atoms with Crippen LogP contribution in [0.1, 0.15) is 33.1 Å². The van der Waals surface area contributed by atoms with E-state index in [1.807, 2.05) is 65.6 Å². The van der Waals surface area contributed by atoms with Crippen LogP contribution < -0.4 is 9.47 Å². The maximum Gasteiger partial charge on any atom is 0.255 e. The predicted molar refractivity (Wildman–Crippen MR) is 141 cm³/mol. The molecule has 6 rings (SSSR count). The van der Waals surface area contributed by atoms with Crippen LogP contribution in [0.3, 0.4) is 0 Å². The molecule has 5 aromatic rings. The third-order valence-electron chi connectivity index (χ3n) is 7.02. The largest absolute Gasteiger partial charge is 0.497 e. The van der Waals surface area contributed by atoms with Gasteiger partial charge in [-0.3, -0.25) is 4.79 Å². The van der Waals surface area contributed by atoms with E-state index in [1.165, 1.54) is 12.1 Å². The Kier molecular flexibility index (Phi) is 5.64. The van der Waals surface area contributed by atoms with Gasteiger partial charge in [0.1, 0.15) is 17.3 Å². The van der Waals surface area contributed by atoms with E-state index >= 15 is 0 Å². The average Bonchev–Trinajstić information content (AvgIpc) is 3.44. The molecule has 0 aliphatic carbocycles. The molecule has 0 spiro atoms. The van der Waals surface area contributed by atoms with Gasteiger partial charge in [-0.15, -0.1) is 0 Å². The van der Waals surface area contributed by atoms with Gasteiger partial charge in [0.25, 0.3) is 5.91 Å². The van der Waals surface area contributed by atoms with Crippen molar-refractivity contribution < 1.29 is 18.7 Å². The fourth-order valence-corrected chi connectivity index (χ4v) is 5.30. The molecule has 6 heteroatoms. The van der Waals surface area contributed by atoms with Crippen LogP contribution in [-0.4, -0.2) is 30.0 Å². The zero-order valence-electron chi connectivity index (χ0n) is 20.5. The number of carbonyl (C=O) groups excluding carboxylic acids is 1. The first kappa shape index (κ1) is 22.9. The van der Waals surface area contributed by atoms with Crippen molar-refractivity contribution >= 4 is 16.8 Å². The molecule has 1 unspecified atom stereocenters. The van der Waals surface area contributed by atoms with Gasteiger partial charge in [-0.05, 0) is 53.6 Å². The van der Waals surface area contributed by atoms with Crippen LogP contribution >= 0.6 is 0 Å². The van der Waals surface area contributed by atoms with Crippen molar-refractivity contribution in [3.8, 4) is 22.8 Å². The second kappa shape index (κ2) is 9.13. The Morgan fingerprint density at radius 3 is 2.41 bits per heavy atom. The standard InChI is InChI=1S/C31H25FN2O3/c1-36-21-15-16-27(37-2)25(17-21)29-28(24-9-5-6-10-26(24)33-29)30-22-7-3-4-8-23(22)31(35)34(30)18-19-11-13-20(32)14-12-19/h3-17,30,33H,18H2,1-2H3. The molecular formula is C31H25FN2O3. The first-order valence-corrected chi connectivity index (χ1v) is 12.1. The summed E-state index contributed by atoms with van der Waals surface area (Å²) in [6.07, 6.45) is 0. The van der Waals surface area contributed by atoms with Gasteiger partial charge in [0.2, 0.25) is 0 Å².